The Morgan fingerprint density at radius 3 is 2.54 bits per heavy atom. The number of aliphatic hydroxyl groups is 1. The zero-order valence-corrected chi connectivity index (χ0v) is 7.48. The lowest BCUT2D eigenvalue weighted by atomic mass is 10.2. The minimum absolute atomic E-state index is 0.0194. The van der Waals surface area contributed by atoms with Gasteiger partial charge in [0.25, 0.3) is 6.43 Å². The van der Waals surface area contributed by atoms with E-state index in [0.717, 1.165) is 0 Å². The highest BCUT2D eigenvalue weighted by atomic mass is 19.3. The predicted octanol–water partition coefficient (Wildman–Crippen LogP) is 1.76. The molecule has 1 atom stereocenters. The monoisotopic (exact) mass is 190 g/mol. The fourth-order valence-corrected chi connectivity index (χ4v) is 1.10. The Hall–Kier alpha value is -0.970. The maximum atomic E-state index is 12.1. The summed E-state index contributed by atoms with van der Waals surface area (Å²) in [7, 11) is 0. The molecule has 13 heavy (non-hydrogen) atoms. The van der Waals surface area contributed by atoms with Gasteiger partial charge in [-0.15, -0.1) is 0 Å². The molecule has 1 heterocycles. The van der Waals surface area contributed by atoms with E-state index >= 15 is 0 Å². The van der Waals surface area contributed by atoms with E-state index in [-0.39, 0.29) is 11.7 Å². The maximum Gasteiger partial charge on any atom is 0.269 e. The highest BCUT2D eigenvalue weighted by Crippen LogP contribution is 2.22. The van der Waals surface area contributed by atoms with Gasteiger partial charge >= 0.3 is 0 Å². The van der Waals surface area contributed by atoms with Crippen molar-refractivity contribution in [2.75, 3.05) is 0 Å². The van der Waals surface area contributed by atoms with Gasteiger partial charge in [0.2, 0.25) is 0 Å². The molecule has 5 heteroatoms. The minimum Gasteiger partial charge on any atom is -0.381 e. The third-order valence-corrected chi connectivity index (χ3v) is 1.79. The lowest BCUT2D eigenvalue weighted by Gasteiger charge is -2.15. The Bertz CT molecular complexity index is 273. The van der Waals surface area contributed by atoms with Gasteiger partial charge in [-0.1, -0.05) is 0 Å². The number of hydrogen-bond donors (Lipinski definition) is 1. The highest BCUT2D eigenvalue weighted by molar-refractivity contribution is 5.04. The first-order valence-corrected chi connectivity index (χ1v) is 4.02. The number of aromatic nitrogens is 2. The molecule has 0 spiro atoms. The van der Waals surface area contributed by atoms with Crippen molar-refractivity contribution in [1.82, 2.24) is 9.55 Å². The van der Waals surface area contributed by atoms with E-state index in [1.807, 2.05) is 13.8 Å². The topological polar surface area (TPSA) is 38.0 Å². The molecule has 0 amide bonds. The first kappa shape index (κ1) is 10.1. The van der Waals surface area contributed by atoms with E-state index in [0.29, 0.717) is 0 Å². The van der Waals surface area contributed by atoms with Crippen molar-refractivity contribution >= 4 is 0 Å². The van der Waals surface area contributed by atoms with Crippen molar-refractivity contribution in [2.45, 2.75) is 32.4 Å². The van der Waals surface area contributed by atoms with Crippen LogP contribution < -0.4 is 0 Å². The summed E-state index contributed by atoms with van der Waals surface area (Å²) in [6, 6.07) is 0.0194. The molecule has 0 saturated heterocycles. The van der Waals surface area contributed by atoms with E-state index in [1.54, 1.807) is 0 Å². The average molecular weight is 190 g/mol. The van der Waals surface area contributed by atoms with Crippen molar-refractivity contribution < 1.29 is 13.9 Å². The number of alkyl halides is 2. The first-order valence-electron chi connectivity index (χ1n) is 4.02. The Morgan fingerprint density at radius 2 is 2.08 bits per heavy atom. The average Bonchev–Trinajstić information content (AvgIpc) is 2.50. The Labute approximate surface area is 75.0 Å². The number of imidazole rings is 1. The molecule has 0 bridgehead atoms. The van der Waals surface area contributed by atoms with Crippen LogP contribution in [0, 0.1) is 0 Å². The van der Waals surface area contributed by atoms with Crippen LogP contribution >= 0.6 is 0 Å². The van der Waals surface area contributed by atoms with Crippen LogP contribution in [0.4, 0.5) is 8.78 Å². The molecule has 1 N–H and O–H groups in total. The molecule has 1 rings (SSSR count). The van der Waals surface area contributed by atoms with Crippen molar-refractivity contribution in [1.29, 1.82) is 0 Å². The summed E-state index contributed by atoms with van der Waals surface area (Å²) >= 11 is 0. The van der Waals surface area contributed by atoms with Gasteiger partial charge in [-0.3, -0.25) is 0 Å². The summed E-state index contributed by atoms with van der Waals surface area (Å²) < 4.78 is 25.8. The molecular weight excluding hydrogens is 178 g/mol. The van der Waals surface area contributed by atoms with Gasteiger partial charge in [-0.2, -0.15) is 0 Å². The van der Waals surface area contributed by atoms with Gasteiger partial charge in [0, 0.05) is 6.04 Å². The summed E-state index contributed by atoms with van der Waals surface area (Å²) in [6.45, 7) is 3.67. The molecule has 0 aliphatic heterocycles. The third kappa shape index (κ3) is 2.03. The van der Waals surface area contributed by atoms with Gasteiger partial charge in [0.05, 0.1) is 18.2 Å². The molecule has 0 aromatic carbocycles. The van der Waals surface area contributed by atoms with Crippen LogP contribution in [0.5, 0.6) is 0 Å². The fraction of sp³-hybridized carbons (Fsp3) is 0.625. The quantitative estimate of drug-likeness (QED) is 0.788. The Balaban J connectivity index is 2.93. The van der Waals surface area contributed by atoms with E-state index in [1.165, 1.54) is 17.1 Å². The second kappa shape index (κ2) is 3.83. The molecule has 0 fully saturated rings. The van der Waals surface area contributed by atoms with E-state index in [4.69, 9.17) is 5.11 Å². The molecule has 0 saturated carbocycles. The second-order valence-electron chi connectivity index (χ2n) is 3.10. The molecule has 1 aromatic heterocycles. The number of halogens is 2. The van der Waals surface area contributed by atoms with Crippen LogP contribution in [-0.2, 0) is 0 Å². The smallest absolute Gasteiger partial charge is 0.269 e. The maximum absolute atomic E-state index is 12.1. The van der Waals surface area contributed by atoms with Crippen LogP contribution in [0.3, 0.4) is 0 Å². The van der Waals surface area contributed by atoms with Crippen LogP contribution in [0.2, 0.25) is 0 Å². The van der Waals surface area contributed by atoms with E-state index in [2.05, 4.69) is 4.98 Å². The number of nitrogens with zero attached hydrogens (tertiary/aromatic N) is 2. The van der Waals surface area contributed by atoms with Crippen molar-refractivity contribution in [3.63, 3.8) is 0 Å². The summed E-state index contributed by atoms with van der Waals surface area (Å²) in [5, 5.41) is 9.11. The molecular formula is C8H12F2N2O. The van der Waals surface area contributed by atoms with Crippen LogP contribution in [0.25, 0.3) is 0 Å². The molecule has 0 radical (unpaired) electrons. The Kier molecular flexibility index (Phi) is 2.98. The van der Waals surface area contributed by atoms with Crippen molar-refractivity contribution in [2.24, 2.45) is 0 Å². The molecule has 0 aliphatic rings. The van der Waals surface area contributed by atoms with Gasteiger partial charge in [0.1, 0.15) is 0 Å². The molecule has 74 valence electrons. The Morgan fingerprint density at radius 1 is 1.46 bits per heavy atom. The molecule has 0 aliphatic carbocycles. The summed E-state index contributed by atoms with van der Waals surface area (Å²) in [5.41, 5.74) is 0.157. The minimum atomic E-state index is -2.77. The summed E-state index contributed by atoms with van der Waals surface area (Å²) in [5.74, 6) is 0. The van der Waals surface area contributed by atoms with Gasteiger partial charge in [-0.25, -0.2) is 13.8 Å². The standard InChI is InChI=1S/C8H12F2N2O/c1-5(2)12-4-11-3-6(12)7(13)8(9)10/h3-5,7-8,13H,1-2H3. The van der Waals surface area contributed by atoms with Crippen molar-refractivity contribution in [3.05, 3.63) is 18.2 Å². The number of aliphatic hydroxyl groups excluding tert-OH is 1. The first-order chi connectivity index (χ1) is 6.04. The molecule has 1 unspecified atom stereocenters. The van der Waals surface area contributed by atoms with Gasteiger partial charge in [0.15, 0.2) is 6.10 Å². The zero-order chi connectivity index (χ0) is 10.0. The lowest BCUT2D eigenvalue weighted by Crippen LogP contribution is -2.14. The normalized spacial score (nSPS) is 14.1. The lowest BCUT2D eigenvalue weighted by molar-refractivity contribution is -0.0106. The van der Waals surface area contributed by atoms with Gasteiger partial charge in [-0.05, 0) is 13.8 Å². The van der Waals surface area contributed by atoms with E-state index < -0.39 is 12.5 Å². The summed E-state index contributed by atoms with van der Waals surface area (Å²) in [6.07, 6.45) is -1.82. The van der Waals surface area contributed by atoms with Gasteiger partial charge < -0.3 is 9.67 Å². The second-order valence-corrected chi connectivity index (χ2v) is 3.10. The SMILES string of the molecule is CC(C)n1cncc1C(O)C(F)F. The largest absolute Gasteiger partial charge is 0.381 e. The third-order valence-electron chi connectivity index (χ3n) is 1.79. The van der Waals surface area contributed by atoms with Crippen LogP contribution in [0.15, 0.2) is 12.5 Å². The number of rotatable bonds is 3. The zero-order valence-electron chi connectivity index (χ0n) is 7.48. The molecule has 1 aromatic rings. The van der Waals surface area contributed by atoms with Crippen LogP contribution in [-0.4, -0.2) is 21.1 Å². The highest BCUT2D eigenvalue weighted by Gasteiger charge is 2.23. The molecule has 3 nitrogen and oxygen atoms in total. The summed E-state index contributed by atoms with van der Waals surface area (Å²) in [4.78, 5) is 3.72. The predicted molar refractivity (Wildman–Crippen MR) is 43.6 cm³/mol. The van der Waals surface area contributed by atoms with Crippen molar-refractivity contribution in [3.8, 4) is 0 Å². The number of hydrogen-bond acceptors (Lipinski definition) is 2. The van der Waals surface area contributed by atoms with E-state index in [9.17, 15) is 8.78 Å². The fourth-order valence-electron chi connectivity index (χ4n) is 1.10. The van der Waals surface area contributed by atoms with Crippen LogP contribution in [0.1, 0.15) is 31.7 Å².